The van der Waals surface area contributed by atoms with Crippen LogP contribution in [0.3, 0.4) is 0 Å². The molecule has 0 atom stereocenters. The van der Waals surface area contributed by atoms with Crippen molar-refractivity contribution in [1.82, 2.24) is 0 Å². The van der Waals surface area contributed by atoms with E-state index in [4.69, 9.17) is 23.2 Å². The molecule has 2 aromatic carbocycles. The van der Waals surface area contributed by atoms with E-state index >= 15 is 0 Å². The number of halogens is 2. The number of hydrogen-bond acceptors (Lipinski definition) is 1. The highest BCUT2D eigenvalue weighted by Gasteiger charge is 2.01. The van der Waals surface area contributed by atoms with Crippen LogP contribution in [0.1, 0.15) is 11.1 Å². The molecule has 0 aliphatic carbocycles. The molecule has 0 bridgehead atoms. The second-order valence-electron chi connectivity index (χ2n) is 3.90. The van der Waals surface area contributed by atoms with Crippen molar-refractivity contribution in [2.24, 2.45) is 0 Å². The zero-order chi connectivity index (χ0) is 12.3. The van der Waals surface area contributed by atoms with Crippen molar-refractivity contribution in [3.05, 3.63) is 63.6 Å². The highest BCUT2D eigenvalue weighted by atomic mass is 35.5. The van der Waals surface area contributed by atoms with Crippen LogP contribution in [0.5, 0.6) is 0 Å². The second-order valence-corrected chi connectivity index (χ2v) is 4.75. The first kappa shape index (κ1) is 12.3. The zero-order valence-electron chi connectivity index (χ0n) is 9.50. The van der Waals surface area contributed by atoms with Gasteiger partial charge in [0, 0.05) is 11.6 Å². The Balaban J connectivity index is 2.10. The summed E-state index contributed by atoms with van der Waals surface area (Å²) in [4.78, 5) is 0. The van der Waals surface area contributed by atoms with E-state index in [0.29, 0.717) is 0 Å². The third-order valence-corrected chi connectivity index (χ3v) is 3.21. The van der Waals surface area contributed by atoms with Crippen molar-refractivity contribution in [2.75, 3.05) is 5.32 Å². The molecule has 2 rings (SSSR count). The number of hydrogen-bond donors (Lipinski definition) is 1. The monoisotopic (exact) mass is 265 g/mol. The van der Waals surface area contributed by atoms with Crippen molar-refractivity contribution in [3.8, 4) is 0 Å². The maximum Gasteiger partial charge on any atom is 0.0637 e. The molecule has 0 aliphatic heterocycles. The predicted octanol–water partition coefficient (Wildman–Crippen LogP) is 4.91. The Hall–Kier alpha value is -1.18. The van der Waals surface area contributed by atoms with E-state index in [1.54, 1.807) is 0 Å². The third-order valence-electron chi connectivity index (χ3n) is 2.65. The van der Waals surface area contributed by atoms with Gasteiger partial charge in [-0.2, -0.15) is 0 Å². The largest absolute Gasteiger partial charge is 0.380 e. The molecule has 0 unspecified atom stereocenters. The summed E-state index contributed by atoms with van der Waals surface area (Å²) in [5.74, 6) is 0. The topological polar surface area (TPSA) is 12.0 Å². The minimum Gasteiger partial charge on any atom is -0.380 e. The molecular formula is C14H13Cl2N. The maximum atomic E-state index is 6.07. The molecule has 1 N–H and O–H groups in total. The summed E-state index contributed by atoms with van der Waals surface area (Å²) >= 11 is 12.0. The summed E-state index contributed by atoms with van der Waals surface area (Å²) in [6, 6.07) is 13.6. The fourth-order valence-electron chi connectivity index (χ4n) is 1.65. The molecule has 3 heteroatoms. The lowest BCUT2D eigenvalue weighted by molar-refractivity contribution is 1.12. The van der Waals surface area contributed by atoms with Gasteiger partial charge in [0.15, 0.2) is 0 Å². The molecule has 17 heavy (non-hydrogen) atoms. The molecule has 0 saturated carbocycles. The van der Waals surface area contributed by atoms with E-state index in [9.17, 15) is 0 Å². The second kappa shape index (κ2) is 5.44. The smallest absolute Gasteiger partial charge is 0.0637 e. The molecule has 0 fully saturated rings. The minimum absolute atomic E-state index is 0.735. The van der Waals surface area contributed by atoms with Crippen LogP contribution in [0.4, 0.5) is 5.69 Å². The van der Waals surface area contributed by atoms with Gasteiger partial charge in [0.1, 0.15) is 0 Å². The highest BCUT2D eigenvalue weighted by molar-refractivity contribution is 6.33. The van der Waals surface area contributed by atoms with Gasteiger partial charge in [0.25, 0.3) is 0 Å². The summed E-state index contributed by atoms with van der Waals surface area (Å²) < 4.78 is 0. The van der Waals surface area contributed by atoms with Gasteiger partial charge >= 0.3 is 0 Å². The van der Waals surface area contributed by atoms with E-state index < -0.39 is 0 Å². The van der Waals surface area contributed by atoms with Gasteiger partial charge in [0.2, 0.25) is 0 Å². The van der Waals surface area contributed by atoms with E-state index in [1.807, 2.05) is 42.5 Å². The maximum absolute atomic E-state index is 6.07. The van der Waals surface area contributed by atoms with Crippen molar-refractivity contribution >= 4 is 28.9 Å². The van der Waals surface area contributed by atoms with Crippen LogP contribution in [0.15, 0.2) is 42.5 Å². The van der Waals surface area contributed by atoms with Gasteiger partial charge in [0.05, 0.1) is 10.7 Å². The summed E-state index contributed by atoms with van der Waals surface area (Å²) in [6.45, 7) is 2.79. The quantitative estimate of drug-likeness (QED) is 0.831. The number of anilines is 1. The average Bonchev–Trinajstić information content (AvgIpc) is 2.30. The molecule has 0 spiro atoms. The molecule has 88 valence electrons. The SMILES string of the molecule is Cc1cc(Cl)ccc1CNc1ccccc1Cl. The molecule has 1 nitrogen and oxygen atoms in total. The number of rotatable bonds is 3. The first-order chi connectivity index (χ1) is 8.16. The van der Waals surface area contributed by atoms with Crippen LogP contribution < -0.4 is 5.32 Å². The Bertz CT molecular complexity index is 523. The van der Waals surface area contributed by atoms with E-state index in [1.165, 1.54) is 11.1 Å². The zero-order valence-corrected chi connectivity index (χ0v) is 11.0. The Kier molecular flexibility index (Phi) is 3.93. The molecule has 0 radical (unpaired) electrons. The Labute approximate surface area is 111 Å². The molecule has 0 aromatic heterocycles. The Morgan fingerprint density at radius 2 is 1.82 bits per heavy atom. The lowest BCUT2D eigenvalue weighted by Gasteiger charge is -2.10. The van der Waals surface area contributed by atoms with Crippen LogP contribution in [0.25, 0.3) is 0 Å². The summed E-state index contributed by atoms with van der Waals surface area (Å²) in [7, 11) is 0. The molecular weight excluding hydrogens is 253 g/mol. The molecule has 0 amide bonds. The van der Waals surface area contributed by atoms with Crippen LogP contribution in [0.2, 0.25) is 10.0 Å². The lowest BCUT2D eigenvalue weighted by Crippen LogP contribution is -2.01. The fraction of sp³-hybridized carbons (Fsp3) is 0.143. The number of para-hydroxylation sites is 1. The molecule has 0 saturated heterocycles. The van der Waals surface area contributed by atoms with Gasteiger partial charge in [-0.1, -0.05) is 41.4 Å². The predicted molar refractivity (Wildman–Crippen MR) is 75.0 cm³/mol. The van der Waals surface area contributed by atoms with Crippen molar-refractivity contribution in [3.63, 3.8) is 0 Å². The van der Waals surface area contributed by atoms with E-state index in [-0.39, 0.29) is 0 Å². The number of aryl methyl sites for hydroxylation is 1. The van der Waals surface area contributed by atoms with Crippen molar-refractivity contribution in [1.29, 1.82) is 0 Å². The van der Waals surface area contributed by atoms with Crippen LogP contribution in [-0.4, -0.2) is 0 Å². The Morgan fingerprint density at radius 3 is 2.53 bits per heavy atom. The lowest BCUT2D eigenvalue weighted by atomic mass is 10.1. The molecule has 0 aliphatic rings. The fourth-order valence-corrected chi connectivity index (χ4v) is 2.08. The van der Waals surface area contributed by atoms with Crippen LogP contribution in [-0.2, 0) is 6.54 Å². The van der Waals surface area contributed by atoms with Gasteiger partial charge in [-0.15, -0.1) is 0 Å². The summed E-state index contributed by atoms with van der Waals surface area (Å²) in [5, 5.41) is 4.82. The Morgan fingerprint density at radius 1 is 1.06 bits per heavy atom. The van der Waals surface area contributed by atoms with E-state index in [2.05, 4.69) is 12.2 Å². The first-order valence-electron chi connectivity index (χ1n) is 5.40. The average molecular weight is 266 g/mol. The van der Waals surface area contributed by atoms with Crippen molar-refractivity contribution in [2.45, 2.75) is 13.5 Å². The molecule has 2 aromatic rings. The molecule has 0 heterocycles. The standard InChI is InChI=1S/C14H13Cl2N/c1-10-8-12(15)7-6-11(10)9-17-14-5-3-2-4-13(14)16/h2-8,17H,9H2,1H3. The van der Waals surface area contributed by atoms with Gasteiger partial charge in [-0.05, 0) is 42.3 Å². The van der Waals surface area contributed by atoms with Gasteiger partial charge in [-0.3, -0.25) is 0 Å². The first-order valence-corrected chi connectivity index (χ1v) is 6.16. The normalized spacial score (nSPS) is 10.3. The summed E-state index contributed by atoms with van der Waals surface area (Å²) in [6.07, 6.45) is 0. The van der Waals surface area contributed by atoms with Crippen molar-refractivity contribution < 1.29 is 0 Å². The van der Waals surface area contributed by atoms with Crippen LogP contribution in [0, 0.1) is 6.92 Å². The third kappa shape index (κ3) is 3.15. The van der Waals surface area contributed by atoms with E-state index in [0.717, 1.165) is 22.3 Å². The summed E-state index contributed by atoms with van der Waals surface area (Å²) in [5.41, 5.74) is 3.34. The van der Waals surface area contributed by atoms with Gasteiger partial charge in [-0.25, -0.2) is 0 Å². The highest BCUT2D eigenvalue weighted by Crippen LogP contribution is 2.22. The van der Waals surface area contributed by atoms with Gasteiger partial charge < -0.3 is 5.32 Å². The van der Waals surface area contributed by atoms with Crippen LogP contribution >= 0.6 is 23.2 Å². The number of benzene rings is 2. The minimum atomic E-state index is 0.735. The number of nitrogens with one attached hydrogen (secondary N) is 1.